The topological polar surface area (TPSA) is 0 Å². The molecule has 0 aromatic rings. The van der Waals surface area contributed by atoms with Gasteiger partial charge >= 0.3 is 0 Å². The second kappa shape index (κ2) is 71.0. The summed E-state index contributed by atoms with van der Waals surface area (Å²) in [6.45, 7) is 34.0. The number of unbranched alkanes of at least 4 members (excludes halogenated alkanes) is 6. The van der Waals surface area contributed by atoms with E-state index in [-0.39, 0.29) is 0 Å². The Morgan fingerprint density at radius 3 is 0.567 bits per heavy atom. The molecule has 0 saturated heterocycles. The molecule has 0 unspecified atom stereocenters. The third-order valence-electron chi connectivity index (χ3n) is 3.15. The SMILES string of the molecule is C=CCC.C=CCC.C=CCC.C=CCCCC.C=CCCCC.C=CCCCC. The summed E-state index contributed by atoms with van der Waals surface area (Å²) >= 11 is 0. The first-order valence-corrected chi connectivity index (χ1v) is 12.1. The zero-order chi connectivity index (χ0) is 24.7. The van der Waals surface area contributed by atoms with Gasteiger partial charge in [-0.25, -0.2) is 0 Å². The monoisotopic (exact) mass is 420 g/mol. The van der Waals surface area contributed by atoms with E-state index in [9.17, 15) is 0 Å². The lowest BCUT2D eigenvalue weighted by Gasteiger charge is -1.81. The highest BCUT2D eigenvalue weighted by atomic mass is 13.8. The van der Waals surface area contributed by atoms with E-state index in [2.05, 4.69) is 81.0 Å². The van der Waals surface area contributed by atoms with Crippen molar-refractivity contribution in [3.63, 3.8) is 0 Å². The number of rotatable bonds is 12. The molecule has 0 radical (unpaired) electrons. The van der Waals surface area contributed by atoms with Crippen LogP contribution in [0, 0.1) is 0 Å². The summed E-state index contributed by atoms with van der Waals surface area (Å²) in [4.78, 5) is 0. The predicted molar refractivity (Wildman–Crippen MR) is 151 cm³/mol. The lowest BCUT2D eigenvalue weighted by Crippen LogP contribution is -1.61. The van der Waals surface area contributed by atoms with Gasteiger partial charge < -0.3 is 0 Å². The Kier molecular flexibility index (Phi) is 101. The molecule has 0 amide bonds. The van der Waals surface area contributed by atoms with Crippen LogP contribution in [-0.2, 0) is 0 Å². The molecule has 0 nitrogen and oxygen atoms in total. The molecule has 0 heteroatoms. The molecule has 0 N–H and O–H groups in total. The fourth-order valence-corrected chi connectivity index (χ4v) is 1.05. The smallest absolute Gasteiger partial charge is 0.0354 e. The molecule has 0 atom stereocenters. The summed E-state index contributed by atoms with van der Waals surface area (Å²) in [5.41, 5.74) is 0. The van der Waals surface area contributed by atoms with Crippen molar-refractivity contribution >= 4 is 0 Å². The molecule has 0 aliphatic rings. The Labute approximate surface area is 194 Å². The van der Waals surface area contributed by atoms with Crippen molar-refractivity contribution in [3.05, 3.63) is 75.9 Å². The molecular weight excluding hydrogens is 360 g/mol. The van der Waals surface area contributed by atoms with Crippen molar-refractivity contribution in [1.29, 1.82) is 0 Å². The van der Waals surface area contributed by atoms with Crippen molar-refractivity contribution in [2.45, 2.75) is 119 Å². The molecule has 0 aliphatic carbocycles. The zero-order valence-electron chi connectivity index (χ0n) is 22.2. The fraction of sp³-hybridized carbons (Fsp3) is 0.600. The van der Waals surface area contributed by atoms with Crippen LogP contribution in [0.15, 0.2) is 75.9 Å². The van der Waals surface area contributed by atoms with Crippen molar-refractivity contribution in [1.82, 2.24) is 0 Å². The van der Waals surface area contributed by atoms with Gasteiger partial charge in [0, 0.05) is 0 Å². The van der Waals surface area contributed by atoms with E-state index in [4.69, 9.17) is 0 Å². The Morgan fingerprint density at radius 2 is 0.533 bits per heavy atom. The van der Waals surface area contributed by atoms with E-state index in [1.54, 1.807) is 0 Å². The highest BCUT2D eigenvalue weighted by Gasteiger charge is 1.72. The van der Waals surface area contributed by atoms with Gasteiger partial charge in [-0.05, 0) is 38.5 Å². The van der Waals surface area contributed by atoms with Gasteiger partial charge in [-0.3, -0.25) is 0 Å². The lowest BCUT2D eigenvalue weighted by atomic mass is 10.3. The molecule has 30 heavy (non-hydrogen) atoms. The Hall–Kier alpha value is -1.56. The van der Waals surface area contributed by atoms with Crippen LogP contribution in [-0.4, -0.2) is 0 Å². The second-order valence-electron chi connectivity index (χ2n) is 6.38. The van der Waals surface area contributed by atoms with Crippen LogP contribution >= 0.6 is 0 Å². The molecule has 0 fully saturated rings. The average molecular weight is 421 g/mol. The van der Waals surface area contributed by atoms with E-state index in [1.807, 2.05) is 36.5 Å². The van der Waals surface area contributed by atoms with Gasteiger partial charge in [-0.1, -0.05) is 117 Å². The minimum atomic E-state index is 1.08. The molecule has 0 aromatic heterocycles. The van der Waals surface area contributed by atoms with E-state index in [1.165, 1.54) is 57.8 Å². The van der Waals surface area contributed by atoms with Gasteiger partial charge in [-0.15, -0.1) is 39.5 Å². The van der Waals surface area contributed by atoms with Crippen LogP contribution in [0.1, 0.15) is 119 Å². The third kappa shape index (κ3) is 157. The molecular formula is C30H60. The van der Waals surface area contributed by atoms with Gasteiger partial charge in [-0.2, -0.15) is 0 Å². The van der Waals surface area contributed by atoms with Gasteiger partial charge in [0.05, 0.1) is 0 Å². The quantitative estimate of drug-likeness (QED) is 0.217. The maximum atomic E-state index is 3.60. The first-order chi connectivity index (χ1) is 14.5. The summed E-state index contributed by atoms with van der Waals surface area (Å²) in [5.74, 6) is 0. The van der Waals surface area contributed by atoms with Crippen LogP contribution in [0.5, 0.6) is 0 Å². The van der Waals surface area contributed by atoms with Crippen LogP contribution in [0.3, 0.4) is 0 Å². The number of hydrogen-bond acceptors (Lipinski definition) is 0. The Bertz CT molecular complexity index is 235. The molecule has 0 bridgehead atoms. The van der Waals surface area contributed by atoms with Crippen molar-refractivity contribution in [2.75, 3.05) is 0 Å². The molecule has 0 aliphatic heterocycles. The fourth-order valence-electron chi connectivity index (χ4n) is 1.05. The Balaban J connectivity index is -0.0000000583. The maximum absolute atomic E-state index is 3.60. The lowest BCUT2D eigenvalue weighted by molar-refractivity contribution is 0.816. The van der Waals surface area contributed by atoms with Crippen molar-refractivity contribution < 1.29 is 0 Å². The molecule has 0 aromatic carbocycles. The summed E-state index contributed by atoms with van der Waals surface area (Å²) < 4.78 is 0. The average Bonchev–Trinajstić information content (AvgIpc) is 2.81. The van der Waals surface area contributed by atoms with E-state index >= 15 is 0 Å². The largest absolute Gasteiger partial charge is 0.103 e. The van der Waals surface area contributed by atoms with Gasteiger partial charge in [0.1, 0.15) is 0 Å². The van der Waals surface area contributed by atoms with E-state index in [0.29, 0.717) is 0 Å². The maximum Gasteiger partial charge on any atom is -0.0354 e. The first-order valence-electron chi connectivity index (χ1n) is 12.1. The molecule has 0 saturated carbocycles. The van der Waals surface area contributed by atoms with E-state index < -0.39 is 0 Å². The van der Waals surface area contributed by atoms with Crippen LogP contribution in [0.4, 0.5) is 0 Å². The van der Waals surface area contributed by atoms with Crippen molar-refractivity contribution in [2.24, 2.45) is 0 Å². The molecule has 0 rings (SSSR count). The number of allylic oxidation sites excluding steroid dienone is 6. The molecule has 0 heterocycles. The van der Waals surface area contributed by atoms with Crippen LogP contribution < -0.4 is 0 Å². The first kappa shape index (κ1) is 42.5. The van der Waals surface area contributed by atoms with Gasteiger partial charge in [0.25, 0.3) is 0 Å². The standard InChI is InChI=1S/3C6H12.3C4H8/c3*1-3-5-6-4-2;3*1-3-4-2/h3*3H,1,4-6H2,2H3;3*3H,1,4H2,2H3. The van der Waals surface area contributed by atoms with Gasteiger partial charge in [0.15, 0.2) is 0 Å². The second-order valence-corrected chi connectivity index (χ2v) is 6.38. The molecule has 180 valence electrons. The minimum absolute atomic E-state index is 1.08. The van der Waals surface area contributed by atoms with Crippen LogP contribution in [0.2, 0.25) is 0 Å². The minimum Gasteiger partial charge on any atom is -0.103 e. The number of hydrogen-bond donors (Lipinski definition) is 0. The van der Waals surface area contributed by atoms with Gasteiger partial charge in [0.2, 0.25) is 0 Å². The third-order valence-corrected chi connectivity index (χ3v) is 3.15. The van der Waals surface area contributed by atoms with Crippen molar-refractivity contribution in [3.8, 4) is 0 Å². The predicted octanol–water partition coefficient (Wildman–Crippen LogP) is 11.8. The summed E-state index contributed by atoms with van der Waals surface area (Å²) in [6.07, 6.45) is 26.0. The zero-order valence-corrected chi connectivity index (χ0v) is 22.2. The molecule has 0 spiro atoms. The summed E-state index contributed by atoms with van der Waals surface area (Å²) in [7, 11) is 0. The summed E-state index contributed by atoms with van der Waals surface area (Å²) in [5, 5.41) is 0. The highest BCUT2D eigenvalue weighted by molar-refractivity contribution is 4.65. The highest BCUT2D eigenvalue weighted by Crippen LogP contribution is 1.92. The van der Waals surface area contributed by atoms with E-state index in [0.717, 1.165) is 19.3 Å². The van der Waals surface area contributed by atoms with Crippen LogP contribution in [0.25, 0.3) is 0 Å². The Morgan fingerprint density at radius 1 is 0.367 bits per heavy atom. The normalized spacial score (nSPS) is 7.40. The summed E-state index contributed by atoms with van der Waals surface area (Å²) in [6, 6.07) is 0.